The van der Waals surface area contributed by atoms with Gasteiger partial charge in [0.2, 0.25) is 0 Å². The Bertz CT molecular complexity index is 739. The second-order valence-electron chi connectivity index (χ2n) is 6.81. The van der Waals surface area contributed by atoms with Crippen LogP contribution < -0.4 is 16.2 Å². The Hall–Kier alpha value is -2.19. The summed E-state index contributed by atoms with van der Waals surface area (Å²) in [6.45, 7) is 4.74. The molecule has 3 heterocycles. The third-order valence-electron chi connectivity index (χ3n) is 5.22. The molecule has 1 atom stereocenters. The number of hydrogen-bond donors (Lipinski definition) is 2. The van der Waals surface area contributed by atoms with E-state index in [-0.39, 0.29) is 17.2 Å². The summed E-state index contributed by atoms with van der Waals surface area (Å²) in [4.78, 5) is 39.8. The minimum Gasteiger partial charge on any atom is -0.467 e. The Labute approximate surface area is 152 Å². The number of rotatable bonds is 3. The van der Waals surface area contributed by atoms with Crippen LogP contribution in [0.25, 0.3) is 0 Å². The first-order chi connectivity index (χ1) is 12.5. The number of aryl methyl sites for hydroxylation is 1. The predicted octanol–water partition coefficient (Wildman–Crippen LogP) is -0.332. The van der Waals surface area contributed by atoms with Gasteiger partial charge in [-0.2, -0.15) is 0 Å². The maximum atomic E-state index is 13.2. The van der Waals surface area contributed by atoms with Crippen LogP contribution in [0.15, 0.2) is 17.1 Å². The summed E-state index contributed by atoms with van der Waals surface area (Å²) in [6.07, 6.45) is 3.49. The molecule has 26 heavy (non-hydrogen) atoms. The molecule has 3 rings (SSSR count). The van der Waals surface area contributed by atoms with Gasteiger partial charge in [0.25, 0.3) is 11.5 Å². The maximum absolute atomic E-state index is 13.2. The number of piperidine rings is 1. The van der Waals surface area contributed by atoms with Crippen molar-refractivity contribution in [3.05, 3.63) is 33.7 Å². The fourth-order valence-corrected chi connectivity index (χ4v) is 3.71. The molecular formula is C18H26N4O4. The van der Waals surface area contributed by atoms with Crippen LogP contribution in [0.1, 0.15) is 34.8 Å². The molecule has 0 saturated carbocycles. The van der Waals surface area contributed by atoms with Gasteiger partial charge in [0.1, 0.15) is 11.6 Å². The van der Waals surface area contributed by atoms with E-state index in [1.807, 2.05) is 6.07 Å². The monoisotopic (exact) mass is 362 g/mol. The Balaban J connectivity index is 1.95. The highest BCUT2D eigenvalue weighted by Crippen LogP contribution is 2.18. The summed E-state index contributed by atoms with van der Waals surface area (Å²) < 4.78 is 6.50. The molecule has 2 N–H and O–H groups in total. The fraction of sp³-hybridized carbons (Fsp3) is 0.611. The summed E-state index contributed by atoms with van der Waals surface area (Å²) in [5, 5.41) is 6.37. The van der Waals surface area contributed by atoms with Gasteiger partial charge in [-0.1, -0.05) is 0 Å². The van der Waals surface area contributed by atoms with E-state index >= 15 is 0 Å². The van der Waals surface area contributed by atoms with Gasteiger partial charge in [-0.25, -0.2) is 4.79 Å². The maximum Gasteiger partial charge on any atom is 0.329 e. The van der Waals surface area contributed by atoms with E-state index in [1.54, 1.807) is 17.7 Å². The number of carbonyl (C=O) groups is 2. The largest absolute Gasteiger partial charge is 0.467 e. The third-order valence-corrected chi connectivity index (χ3v) is 5.22. The Morgan fingerprint density at radius 3 is 2.62 bits per heavy atom. The van der Waals surface area contributed by atoms with Crippen molar-refractivity contribution in [2.24, 2.45) is 0 Å². The summed E-state index contributed by atoms with van der Waals surface area (Å²) in [6, 6.07) is 1.19. The summed E-state index contributed by atoms with van der Waals surface area (Å²) in [5.74, 6) is -0.870. The number of piperazine rings is 1. The molecule has 1 aromatic heterocycles. The Morgan fingerprint density at radius 1 is 1.19 bits per heavy atom. The molecule has 1 aromatic rings. The molecule has 8 nitrogen and oxygen atoms in total. The molecule has 1 unspecified atom stereocenters. The van der Waals surface area contributed by atoms with E-state index in [0.717, 1.165) is 25.9 Å². The molecule has 142 valence electrons. The molecular weight excluding hydrogens is 336 g/mol. The lowest BCUT2D eigenvalue weighted by Crippen LogP contribution is -2.58. The quantitative estimate of drug-likeness (QED) is 0.716. The molecule has 0 radical (unpaired) electrons. The average molecular weight is 362 g/mol. The van der Waals surface area contributed by atoms with Crippen LogP contribution in [0.2, 0.25) is 0 Å². The highest BCUT2D eigenvalue weighted by Gasteiger charge is 2.35. The number of nitrogens with one attached hydrogen (secondary N) is 2. The fourth-order valence-electron chi connectivity index (χ4n) is 3.71. The number of ether oxygens (including phenoxy) is 1. The van der Waals surface area contributed by atoms with Gasteiger partial charge >= 0.3 is 5.97 Å². The summed E-state index contributed by atoms with van der Waals surface area (Å²) >= 11 is 0. The van der Waals surface area contributed by atoms with Gasteiger partial charge in [-0.15, -0.1) is 0 Å². The molecule has 0 aromatic carbocycles. The lowest BCUT2D eigenvalue weighted by atomic mass is 10.0. The zero-order valence-corrected chi connectivity index (χ0v) is 15.3. The van der Waals surface area contributed by atoms with Crippen LogP contribution >= 0.6 is 0 Å². The van der Waals surface area contributed by atoms with Gasteiger partial charge in [-0.05, 0) is 44.5 Å². The second-order valence-corrected chi connectivity index (χ2v) is 6.81. The van der Waals surface area contributed by atoms with Gasteiger partial charge in [0.15, 0.2) is 0 Å². The molecule has 0 spiro atoms. The van der Waals surface area contributed by atoms with E-state index in [9.17, 15) is 14.4 Å². The molecule has 0 bridgehead atoms. The van der Waals surface area contributed by atoms with Crippen molar-refractivity contribution in [3.63, 3.8) is 0 Å². The zero-order chi connectivity index (χ0) is 18.7. The zero-order valence-electron chi connectivity index (χ0n) is 15.3. The lowest BCUT2D eigenvalue weighted by molar-refractivity contribution is -0.146. The molecule has 0 aliphatic carbocycles. The first kappa shape index (κ1) is 18.6. The first-order valence-electron chi connectivity index (χ1n) is 9.06. The van der Waals surface area contributed by atoms with E-state index < -0.39 is 17.9 Å². The Morgan fingerprint density at radius 2 is 1.92 bits per heavy atom. The van der Waals surface area contributed by atoms with Crippen LogP contribution in [0.3, 0.4) is 0 Å². The highest BCUT2D eigenvalue weighted by atomic mass is 16.5. The molecule has 1 amide bonds. The number of methoxy groups -OCH3 is 1. The number of nitrogens with zero attached hydrogens (tertiary/aromatic N) is 2. The average Bonchev–Trinajstić information content (AvgIpc) is 2.68. The van der Waals surface area contributed by atoms with E-state index in [1.165, 1.54) is 12.0 Å². The van der Waals surface area contributed by atoms with E-state index in [2.05, 4.69) is 10.6 Å². The standard InChI is InChI=1S/C18H26N4O4/c1-12-5-9-21(13-3-6-19-7-4-13)16(23)15(12)17(24)22-10-8-20-11-14(22)18(25)26-2/h5,9,13-14,19-20H,3-4,6-8,10-11H2,1-2H3. The minimum atomic E-state index is -0.715. The SMILES string of the molecule is COC(=O)C1CNCCN1C(=O)c1c(C)ccn(C2CCNCC2)c1=O. The van der Waals surface area contributed by atoms with Crippen molar-refractivity contribution >= 4 is 11.9 Å². The van der Waals surface area contributed by atoms with Crippen molar-refractivity contribution in [2.45, 2.75) is 31.8 Å². The molecule has 2 aliphatic heterocycles. The number of pyridine rings is 1. The molecule has 2 saturated heterocycles. The van der Waals surface area contributed by atoms with E-state index in [4.69, 9.17) is 4.74 Å². The number of esters is 1. The van der Waals surface area contributed by atoms with Crippen molar-refractivity contribution in [1.82, 2.24) is 20.1 Å². The minimum absolute atomic E-state index is 0.0929. The second kappa shape index (κ2) is 8.01. The number of aromatic nitrogens is 1. The number of carbonyl (C=O) groups excluding carboxylic acids is 2. The topological polar surface area (TPSA) is 92.7 Å². The third kappa shape index (κ3) is 3.52. The molecule has 8 heteroatoms. The molecule has 2 fully saturated rings. The van der Waals surface area contributed by atoms with Crippen LogP contribution in [-0.4, -0.2) is 67.2 Å². The van der Waals surface area contributed by atoms with Gasteiger partial charge in [0.05, 0.1) is 7.11 Å². The summed E-state index contributed by atoms with van der Waals surface area (Å²) in [5.41, 5.74) is 0.512. The smallest absolute Gasteiger partial charge is 0.329 e. The van der Waals surface area contributed by atoms with E-state index in [0.29, 0.717) is 25.2 Å². The number of amides is 1. The normalized spacial score (nSPS) is 21.5. The van der Waals surface area contributed by atoms with Gasteiger partial charge in [0, 0.05) is 31.9 Å². The van der Waals surface area contributed by atoms with Gasteiger partial charge in [-0.3, -0.25) is 9.59 Å². The van der Waals surface area contributed by atoms with Crippen molar-refractivity contribution < 1.29 is 14.3 Å². The van der Waals surface area contributed by atoms with Crippen molar-refractivity contribution in [2.75, 3.05) is 39.8 Å². The summed E-state index contributed by atoms with van der Waals surface area (Å²) in [7, 11) is 1.30. The highest BCUT2D eigenvalue weighted by molar-refractivity contribution is 5.98. The first-order valence-corrected chi connectivity index (χ1v) is 9.06. The van der Waals surface area contributed by atoms with Crippen LogP contribution in [0, 0.1) is 6.92 Å². The lowest BCUT2D eigenvalue weighted by Gasteiger charge is -2.34. The van der Waals surface area contributed by atoms with Crippen LogP contribution in [0.4, 0.5) is 0 Å². The van der Waals surface area contributed by atoms with Crippen molar-refractivity contribution in [1.29, 1.82) is 0 Å². The predicted molar refractivity (Wildman–Crippen MR) is 96.3 cm³/mol. The molecule has 2 aliphatic rings. The van der Waals surface area contributed by atoms with Crippen molar-refractivity contribution in [3.8, 4) is 0 Å². The van der Waals surface area contributed by atoms with Gasteiger partial charge < -0.3 is 24.8 Å². The van der Waals surface area contributed by atoms with Crippen LogP contribution in [0.5, 0.6) is 0 Å². The Kier molecular flexibility index (Phi) is 5.73. The van der Waals surface area contributed by atoms with Crippen LogP contribution in [-0.2, 0) is 9.53 Å². The number of hydrogen-bond acceptors (Lipinski definition) is 6.